The van der Waals surface area contributed by atoms with Crippen molar-refractivity contribution < 1.29 is 18.9 Å². The van der Waals surface area contributed by atoms with E-state index in [1.54, 1.807) is 21.3 Å². The summed E-state index contributed by atoms with van der Waals surface area (Å²) in [6, 6.07) is 5.85. The fourth-order valence-corrected chi connectivity index (χ4v) is 2.57. The lowest BCUT2D eigenvalue weighted by Gasteiger charge is -2.14. The number of halogens is 1. The van der Waals surface area contributed by atoms with Gasteiger partial charge >= 0.3 is 0 Å². The largest absolute Gasteiger partial charge is 0.493 e. The van der Waals surface area contributed by atoms with Crippen LogP contribution in [0.2, 0.25) is 0 Å². The van der Waals surface area contributed by atoms with Crippen molar-refractivity contribution in [3.05, 3.63) is 23.8 Å². The molecule has 0 radical (unpaired) electrons. The fourth-order valence-electron chi connectivity index (χ4n) is 2.57. The van der Waals surface area contributed by atoms with E-state index < -0.39 is 0 Å². The molecule has 1 saturated heterocycles. The first-order valence-corrected chi connectivity index (χ1v) is 8.61. The second-order valence-corrected chi connectivity index (χ2v) is 5.75. The summed E-state index contributed by atoms with van der Waals surface area (Å²) in [6.45, 7) is 3.72. The molecule has 2 N–H and O–H groups in total. The van der Waals surface area contributed by atoms with Gasteiger partial charge in [-0.25, -0.2) is 0 Å². The zero-order valence-electron chi connectivity index (χ0n) is 15.7. The number of methoxy groups -OCH3 is 2. The summed E-state index contributed by atoms with van der Waals surface area (Å²) >= 11 is 0. The van der Waals surface area contributed by atoms with Gasteiger partial charge in [0.2, 0.25) is 0 Å². The van der Waals surface area contributed by atoms with Gasteiger partial charge in [0.05, 0.1) is 26.9 Å². The normalized spacial score (nSPS) is 16.7. The summed E-state index contributed by atoms with van der Waals surface area (Å²) < 4.78 is 21.6. The first kappa shape index (κ1) is 22.8. The van der Waals surface area contributed by atoms with E-state index in [2.05, 4.69) is 15.6 Å². The van der Waals surface area contributed by atoms with Crippen molar-refractivity contribution in [1.29, 1.82) is 0 Å². The van der Waals surface area contributed by atoms with Crippen LogP contribution in [-0.2, 0) is 16.0 Å². The Balaban J connectivity index is 0.00000338. The van der Waals surface area contributed by atoms with Gasteiger partial charge < -0.3 is 29.6 Å². The second-order valence-electron chi connectivity index (χ2n) is 5.75. The van der Waals surface area contributed by atoms with E-state index in [0.717, 1.165) is 62.2 Å². The monoisotopic (exact) mass is 479 g/mol. The first-order valence-electron chi connectivity index (χ1n) is 8.61. The van der Waals surface area contributed by atoms with Crippen molar-refractivity contribution in [2.45, 2.75) is 25.5 Å². The van der Waals surface area contributed by atoms with E-state index in [0.29, 0.717) is 6.54 Å². The molecular weight excluding hydrogens is 449 g/mol. The molecule has 26 heavy (non-hydrogen) atoms. The Bertz CT molecular complexity index is 551. The molecule has 1 unspecified atom stereocenters. The van der Waals surface area contributed by atoms with Gasteiger partial charge in [0.15, 0.2) is 17.5 Å². The van der Waals surface area contributed by atoms with Crippen LogP contribution in [0.4, 0.5) is 0 Å². The van der Waals surface area contributed by atoms with E-state index in [1.165, 1.54) is 0 Å². The molecule has 7 nitrogen and oxygen atoms in total. The van der Waals surface area contributed by atoms with Gasteiger partial charge in [-0.05, 0) is 30.5 Å². The molecule has 1 aliphatic heterocycles. The van der Waals surface area contributed by atoms with E-state index in [4.69, 9.17) is 18.9 Å². The number of hydrogen-bond acceptors (Lipinski definition) is 5. The summed E-state index contributed by atoms with van der Waals surface area (Å²) in [4.78, 5) is 4.23. The predicted molar refractivity (Wildman–Crippen MR) is 113 cm³/mol. The summed E-state index contributed by atoms with van der Waals surface area (Å²) in [5.41, 5.74) is 1.09. The molecule has 1 aromatic carbocycles. The molecule has 1 aliphatic rings. The van der Waals surface area contributed by atoms with Gasteiger partial charge in [-0.1, -0.05) is 6.07 Å². The van der Waals surface area contributed by atoms with Crippen LogP contribution in [0.25, 0.3) is 0 Å². The van der Waals surface area contributed by atoms with E-state index >= 15 is 0 Å². The minimum Gasteiger partial charge on any atom is -0.493 e. The molecule has 8 heteroatoms. The zero-order valence-corrected chi connectivity index (χ0v) is 18.1. The van der Waals surface area contributed by atoms with Crippen LogP contribution >= 0.6 is 24.0 Å². The maximum Gasteiger partial charge on any atom is 0.191 e. The first-order chi connectivity index (χ1) is 12.3. The van der Waals surface area contributed by atoms with Crippen LogP contribution in [0.15, 0.2) is 23.2 Å². The second kappa shape index (κ2) is 13.0. The Morgan fingerprint density at radius 3 is 2.69 bits per heavy atom. The lowest BCUT2D eigenvalue weighted by Crippen LogP contribution is -2.37. The van der Waals surface area contributed by atoms with Gasteiger partial charge in [0.1, 0.15) is 0 Å². The highest BCUT2D eigenvalue weighted by Crippen LogP contribution is 2.27. The average molecular weight is 479 g/mol. The number of aliphatic imine (C=N–C) groups is 1. The third-order valence-electron chi connectivity index (χ3n) is 3.99. The maximum atomic E-state index is 5.74. The molecule has 148 valence electrons. The van der Waals surface area contributed by atoms with Crippen molar-refractivity contribution in [3.63, 3.8) is 0 Å². The molecule has 0 saturated carbocycles. The van der Waals surface area contributed by atoms with Crippen molar-refractivity contribution >= 4 is 29.9 Å². The summed E-state index contributed by atoms with van der Waals surface area (Å²) in [7, 11) is 5.02. The van der Waals surface area contributed by atoms with Crippen LogP contribution in [-0.4, -0.2) is 59.7 Å². The smallest absolute Gasteiger partial charge is 0.191 e. The van der Waals surface area contributed by atoms with Gasteiger partial charge in [0, 0.05) is 33.4 Å². The summed E-state index contributed by atoms with van der Waals surface area (Å²) in [6.07, 6.45) is 2.19. The van der Waals surface area contributed by atoms with E-state index in [1.807, 2.05) is 18.2 Å². The predicted octanol–water partition coefficient (Wildman–Crippen LogP) is 2.18. The van der Waals surface area contributed by atoms with Crippen molar-refractivity contribution in [1.82, 2.24) is 10.6 Å². The van der Waals surface area contributed by atoms with Crippen LogP contribution in [0.1, 0.15) is 18.4 Å². The lowest BCUT2D eigenvalue weighted by atomic mass is 10.2. The Kier molecular flexibility index (Phi) is 11.4. The van der Waals surface area contributed by atoms with Crippen molar-refractivity contribution in [2.24, 2.45) is 4.99 Å². The molecule has 1 fully saturated rings. The van der Waals surface area contributed by atoms with E-state index in [9.17, 15) is 0 Å². The molecule has 0 spiro atoms. The van der Waals surface area contributed by atoms with Gasteiger partial charge in [-0.15, -0.1) is 24.0 Å². The lowest BCUT2D eigenvalue weighted by molar-refractivity contribution is 0.0420. The highest BCUT2D eigenvalue weighted by molar-refractivity contribution is 14.0. The van der Waals surface area contributed by atoms with Crippen molar-refractivity contribution in [2.75, 3.05) is 47.6 Å². The third-order valence-corrected chi connectivity index (χ3v) is 3.99. The minimum atomic E-state index is 0. The number of guanidine groups is 1. The SMILES string of the molecule is CN=C(NCCCOC1CCOC1)NCc1ccc(OC)c(OC)c1.I. The van der Waals surface area contributed by atoms with Crippen LogP contribution < -0.4 is 20.1 Å². The Morgan fingerprint density at radius 1 is 1.23 bits per heavy atom. The average Bonchev–Trinajstić information content (AvgIpc) is 3.17. The molecule has 0 aromatic heterocycles. The van der Waals surface area contributed by atoms with Gasteiger partial charge in [-0.3, -0.25) is 4.99 Å². The maximum absolute atomic E-state index is 5.74. The summed E-state index contributed by atoms with van der Waals surface area (Å²) in [5.74, 6) is 2.21. The van der Waals surface area contributed by atoms with Crippen molar-refractivity contribution in [3.8, 4) is 11.5 Å². The summed E-state index contributed by atoms with van der Waals surface area (Å²) in [5, 5.41) is 6.58. The number of nitrogens with one attached hydrogen (secondary N) is 2. The van der Waals surface area contributed by atoms with E-state index in [-0.39, 0.29) is 30.1 Å². The number of nitrogens with zero attached hydrogens (tertiary/aromatic N) is 1. The molecule has 2 rings (SSSR count). The molecular formula is C18H30IN3O4. The number of hydrogen-bond donors (Lipinski definition) is 2. The highest BCUT2D eigenvalue weighted by Gasteiger charge is 2.15. The molecule has 0 aliphatic carbocycles. The molecule has 0 bridgehead atoms. The Labute approximate surface area is 172 Å². The van der Waals surface area contributed by atoms with Crippen LogP contribution in [0, 0.1) is 0 Å². The fraction of sp³-hybridized carbons (Fsp3) is 0.611. The topological polar surface area (TPSA) is 73.3 Å². The number of ether oxygens (including phenoxy) is 4. The quantitative estimate of drug-likeness (QED) is 0.245. The molecule has 1 aromatic rings. The Morgan fingerprint density at radius 2 is 2.04 bits per heavy atom. The third kappa shape index (κ3) is 7.55. The zero-order chi connectivity index (χ0) is 17.9. The standard InChI is InChI=1S/C18H29N3O4.HI/c1-19-18(20-8-4-9-25-15-7-10-24-13-15)21-12-14-5-6-16(22-2)17(11-14)23-3;/h5-6,11,15H,4,7-10,12-13H2,1-3H3,(H2,19,20,21);1H. The number of benzene rings is 1. The van der Waals surface area contributed by atoms with Crippen LogP contribution in [0.5, 0.6) is 11.5 Å². The highest BCUT2D eigenvalue weighted by atomic mass is 127. The van der Waals surface area contributed by atoms with Gasteiger partial charge in [-0.2, -0.15) is 0 Å². The van der Waals surface area contributed by atoms with Gasteiger partial charge in [0.25, 0.3) is 0 Å². The Hall–Kier alpha value is -1.26. The minimum absolute atomic E-state index is 0. The molecule has 1 atom stereocenters. The molecule has 1 heterocycles. The number of rotatable bonds is 9. The van der Waals surface area contributed by atoms with Crippen LogP contribution in [0.3, 0.4) is 0 Å². The molecule has 0 amide bonds.